The summed E-state index contributed by atoms with van der Waals surface area (Å²) in [5.41, 5.74) is -2.78. The van der Waals surface area contributed by atoms with Crippen molar-refractivity contribution in [3.05, 3.63) is 57.1 Å². The lowest BCUT2D eigenvalue weighted by atomic mass is 9.90. The molecule has 0 aliphatic heterocycles. The number of nitrogens with zero attached hydrogens (tertiary/aromatic N) is 1. The second-order valence-electron chi connectivity index (χ2n) is 8.01. The van der Waals surface area contributed by atoms with Crippen LogP contribution in [-0.4, -0.2) is 34.0 Å². The molecular weight excluding hydrogens is 534 g/mol. The zero-order valence-electron chi connectivity index (χ0n) is 18.7. The average Bonchev–Trinajstić information content (AvgIpc) is 2.78. The van der Waals surface area contributed by atoms with Crippen molar-refractivity contribution in [3.8, 4) is 11.5 Å². The minimum atomic E-state index is -4.63. The van der Waals surface area contributed by atoms with Crippen LogP contribution in [0, 0.1) is 15.5 Å². The number of ketones is 1. The largest absolute Gasteiger partial charge is 0.456 e. The Morgan fingerprint density at radius 2 is 1.89 bits per heavy atom. The van der Waals surface area contributed by atoms with E-state index in [1.807, 2.05) is 0 Å². The molecule has 0 radical (unpaired) electrons. The van der Waals surface area contributed by atoms with Crippen molar-refractivity contribution in [1.29, 1.82) is 0 Å². The molecule has 35 heavy (non-hydrogen) atoms. The molecule has 0 aliphatic rings. The molecule has 0 spiro atoms. The number of ether oxygens (including phenoxy) is 1. The normalized spacial score (nSPS) is 14.8. The van der Waals surface area contributed by atoms with E-state index in [-0.39, 0.29) is 28.4 Å². The highest BCUT2D eigenvalue weighted by atomic mass is 35.5. The van der Waals surface area contributed by atoms with Crippen molar-refractivity contribution in [2.45, 2.75) is 33.2 Å². The van der Waals surface area contributed by atoms with Gasteiger partial charge in [-0.1, -0.05) is 32.4 Å². The minimum Gasteiger partial charge on any atom is -0.456 e. The van der Waals surface area contributed by atoms with Crippen molar-refractivity contribution < 1.29 is 41.8 Å². The van der Waals surface area contributed by atoms with Gasteiger partial charge in [-0.2, -0.15) is 25.8 Å². The number of hydrogen-bond donors (Lipinski definition) is 2. The third-order valence-electron chi connectivity index (χ3n) is 4.97. The van der Waals surface area contributed by atoms with Crippen molar-refractivity contribution in [3.63, 3.8) is 0 Å². The summed E-state index contributed by atoms with van der Waals surface area (Å²) >= 11 is 9.93. The lowest BCUT2D eigenvalue weighted by Gasteiger charge is -2.26. The molecule has 14 heteroatoms. The van der Waals surface area contributed by atoms with Crippen LogP contribution in [0.15, 0.2) is 36.4 Å². The highest BCUT2D eigenvalue weighted by Gasteiger charge is 2.40. The van der Waals surface area contributed by atoms with E-state index in [1.54, 1.807) is 0 Å². The van der Waals surface area contributed by atoms with Gasteiger partial charge >= 0.3 is 6.18 Å². The van der Waals surface area contributed by atoms with Crippen LogP contribution < -0.4 is 10.0 Å². The van der Waals surface area contributed by atoms with Crippen molar-refractivity contribution in [2.75, 3.05) is 11.9 Å². The fraction of sp³-hybridized carbons (Fsp3) is 0.381. The van der Waals surface area contributed by atoms with Crippen LogP contribution in [-0.2, 0) is 20.1 Å². The third kappa shape index (κ3) is 6.77. The number of carbonyl (C=O) groups excluding carboxylic acids is 1. The first-order valence-electron chi connectivity index (χ1n) is 10.00. The Bertz CT molecular complexity index is 1180. The van der Waals surface area contributed by atoms with Gasteiger partial charge in [0.1, 0.15) is 16.8 Å². The van der Waals surface area contributed by atoms with Crippen LogP contribution in [0.5, 0.6) is 11.5 Å². The zero-order valence-corrected chi connectivity index (χ0v) is 21.3. The van der Waals surface area contributed by atoms with Gasteiger partial charge in [-0.25, -0.2) is 0 Å². The Kier molecular flexibility index (Phi) is 9.05. The van der Waals surface area contributed by atoms with Gasteiger partial charge in [-0.3, -0.25) is 24.0 Å². The van der Waals surface area contributed by atoms with Crippen molar-refractivity contribution in [2.24, 2.45) is 5.41 Å². The number of nitro benzene ring substituents is 1. The molecule has 2 unspecified atom stereocenters. The Morgan fingerprint density at radius 3 is 2.37 bits per heavy atom. The summed E-state index contributed by atoms with van der Waals surface area (Å²) in [4.78, 5) is 23.2. The number of nitro groups is 1. The summed E-state index contributed by atoms with van der Waals surface area (Å²) in [7, 11) is -4.21. The number of carbonyl (C=O) groups is 1. The van der Waals surface area contributed by atoms with Gasteiger partial charge in [0, 0.05) is 29.5 Å². The van der Waals surface area contributed by atoms with Crippen LogP contribution in [0.4, 0.5) is 18.9 Å². The molecule has 2 rings (SSSR count). The second kappa shape index (κ2) is 10.9. The highest BCUT2D eigenvalue weighted by Crippen LogP contribution is 2.50. The van der Waals surface area contributed by atoms with E-state index in [0.717, 1.165) is 30.3 Å². The first kappa shape index (κ1) is 29.1. The molecule has 0 fully saturated rings. The maximum atomic E-state index is 13.6. The summed E-state index contributed by atoms with van der Waals surface area (Å²) in [6.45, 7) is 4.35. The molecule has 2 aromatic rings. The van der Waals surface area contributed by atoms with E-state index in [9.17, 15) is 37.8 Å². The number of rotatable bonds is 10. The Labute approximate surface area is 209 Å². The van der Waals surface area contributed by atoms with Crippen LogP contribution >= 0.6 is 31.6 Å². The maximum Gasteiger partial charge on any atom is 0.416 e. The lowest BCUT2D eigenvalue weighted by Crippen LogP contribution is -2.38. The molecule has 0 aromatic heterocycles. The fourth-order valence-electron chi connectivity index (χ4n) is 2.80. The molecule has 192 valence electrons. The first-order chi connectivity index (χ1) is 16.1. The van der Waals surface area contributed by atoms with E-state index in [4.69, 9.17) is 20.9 Å². The molecular formula is C21H22ClF3NO7PS. The average molecular weight is 556 g/mol. The van der Waals surface area contributed by atoms with Gasteiger partial charge in [0.25, 0.3) is 5.69 Å². The Hall–Kier alpha value is -2.11. The second-order valence-corrected chi connectivity index (χ2v) is 11.4. The van der Waals surface area contributed by atoms with E-state index in [1.165, 1.54) is 20.8 Å². The summed E-state index contributed by atoms with van der Waals surface area (Å²) in [6, 6.07) is 5.43. The minimum absolute atomic E-state index is 0.0417. The molecule has 0 saturated carbocycles. The van der Waals surface area contributed by atoms with Crippen molar-refractivity contribution in [1.82, 2.24) is 0 Å². The number of thiol groups is 1. The molecule has 0 heterocycles. The van der Waals surface area contributed by atoms with E-state index in [0.29, 0.717) is 6.07 Å². The van der Waals surface area contributed by atoms with Crippen molar-refractivity contribution >= 4 is 48.4 Å². The Balaban J connectivity index is 2.49. The summed E-state index contributed by atoms with van der Waals surface area (Å²) in [5, 5.41) is 21.0. The molecule has 2 atom stereocenters. The van der Waals surface area contributed by atoms with E-state index < -0.39 is 52.5 Å². The van der Waals surface area contributed by atoms with E-state index in [2.05, 4.69) is 12.6 Å². The SMILES string of the molecule is CCP(=O)(OC(O)C(=O)C(C)(C)CS)c1cc(Oc2ccc(C(F)(F)F)cc2Cl)ccc1[N+](=O)[O-]. The molecule has 8 nitrogen and oxygen atoms in total. The fourth-order valence-corrected chi connectivity index (χ4v) is 5.03. The van der Waals surface area contributed by atoms with Crippen LogP contribution in [0.25, 0.3) is 0 Å². The van der Waals surface area contributed by atoms with Gasteiger partial charge in [-0.15, -0.1) is 0 Å². The number of halogens is 4. The van der Waals surface area contributed by atoms with Gasteiger partial charge in [0.15, 0.2) is 5.78 Å². The Morgan fingerprint density at radius 1 is 1.26 bits per heavy atom. The summed E-state index contributed by atoms with van der Waals surface area (Å²) in [5.74, 6) is -1.13. The quantitative estimate of drug-likeness (QED) is 0.124. The number of aliphatic hydroxyl groups is 1. The predicted octanol–water partition coefficient (Wildman–Crippen LogP) is 5.84. The van der Waals surface area contributed by atoms with Gasteiger partial charge in [0.2, 0.25) is 13.7 Å². The highest BCUT2D eigenvalue weighted by molar-refractivity contribution is 7.80. The molecule has 0 saturated heterocycles. The van der Waals surface area contributed by atoms with Crippen LogP contribution in [0.1, 0.15) is 26.3 Å². The number of hydrogen-bond acceptors (Lipinski definition) is 8. The molecule has 0 bridgehead atoms. The topological polar surface area (TPSA) is 116 Å². The molecule has 0 aliphatic carbocycles. The molecule has 1 N–H and O–H groups in total. The molecule has 2 aromatic carbocycles. The van der Waals surface area contributed by atoms with Gasteiger partial charge in [0.05, 0.1) is 15.5 Å². The summed E-state index contributed by atoms with van der Waals surface area (Å²) in [6.07, 6.45) is -7.12. The number of Topliss-reactive ketones (excluding diaryl/α,β-unsaturated/α-hetero) is 1. The van der Waals surface area contributed by atoms with E-state index >= 15 is 0 Å². The number of alkyl halides is 3. The molecule has 0 amide bonds. The van der Waals surface area contributed by atoms with Gasteiger partial charge < -0.3 is 9.84 Å². The first-order valence-corrected chi connectivity index (χ1v) is 12.8. The predicted molar refractivity (Wildman–Crippen MR) is 127 cm³/mol. The smallest absolute Gasteiger partial charge is 0.416 e. The number of aliphatic hydroxyl groups excluding tert-OH is 1. The van der Waals surface area contributed by atoms with Gasteiger partial charge in [-0.05, 0) is 24.3 Å². The monoisotopic (exact) mass is 555 g/mol. The number of benzene rings is 2. The lowest BCUT2D eigenvalue weighted by molar-refractivity contribution is -0.383. The standard InChI is InChI=1S/C21H22ClF3NO7PS/c1-4-34(31,33-19(28)18(27)20(2,3)11-35)17-10-13(6-7-15(17)26(29)30)32-16-8-5-12(9-14(16)22)21(23,24)25/h5-10,19,28,35H,4,11H2,1-3H3. The zero-order chi connectivity index (χ0) is 26.8. The van der Waals surface area contributed by atoms with Crippen LogP contribution in [0.3, 0.4) is 0 Å². The third-order valence-corrected chi connectivity index (χ3v) is 8.52. The van der Waals surface area contributed by atoms with Crippen LogP contribution in [0.2, 0.25) is 5.02 Å². The maximum absolute atomic E-state index is 13.6. The summed E-state index contributed by atoms with van der Waals surface area (Å²) < 4.78 is 62.9.